The van der Waals surface area contributed by atoms with Gasteiger partial charge < -0.3 is 21.3 Å². The summed E-state index contributed by atoms with van der Waals surface area (Å²) in [5, 5.41) is 22.6. The molecule has 1 unspecified atom stereocenters. The molecule has 0 aliphatic heterocycles. The van der Waals surface area contributed by atoms with E-state index < -0.39 is 41.5 Å². The number of primary amides is 1. The van der Waals surface area contributed by atoms with E-state index in [-0.39, 0.29) is 38.5 Å². The molecule has 40 heavy (non-hydrogen) atoms. The fraction of sp³-hybridized carbons (Fsp3) is 0.300. The number of rotatable bonds is 16. The second-order valence-electron chi connectivity index (χ2n) is 9.52. The van der Waals surface area contributed by atoms with Crippen LogP contribution in [0.25, 0.3) is 21.6 Å². The number of carboxylic acids is 2. The maximum atomic E-state index is 12.8. The highest BCUT2D eigenvalue weighted by molar-refractivity contribution is 7.14. The van der Waals surface area contributed by atoms with Gasteiger partial charge in [0.15, 0.2) is 5.78 Å². The van der Waals surface area contributed by atoms with Crippen molar-refractivity contribution in [2.75, 3.05) is 0 Å². The molecule has 2 atom stereocenters. The number of hydrogen-bond acceptors (Lipinski definition) is 6. The minimum Gasteiger partial charge on any atom is -0.481 e. The molecule has 0 spiro atoms. The third-order valence-electron chi connectivity index (χ3n) is 6.51. The minimum atomic E-state index is -1.13. The van der Waals surface area contributed by atoms with Crippen molar-refractivity contribution in [2.24, 2.45) is 11.7 Å². The predicted octanol–water partition coefficient (Wildman–Crippen LogP) is 4.29. The van der Waals surface area contributed by atoms with Crippen molar-refractivity contribution in [3.05, 3.63) is 71.6 Å². The number of thiophene rings is 1. The molecule has 0 fully saturated rings. The summed E-state index contributed by atoms with van der Waals surface area (Å²) in [5.41, 5.74) is 9.61. The number of Topliss-reactive ketones (excluding diaryl/α,β-unsaturated/α-hetero) is 1. The topological polar surface area (TPSA) is 164 Å². The monoisotopic (exact) mass is 564 g/mol. The lowest BCUT2D eigenvalue weighted by Gasteiger charge is -2.19. The van der Waals surface area contributed by atoms with Crippen LogP contribution < -0.4 is 11.1 Å². The van der Waals surface area contributed by atoms with Crippen LogP contribution in [0.2, 0.25) is 0 Å². The van der Waals surface area contributed by atoms with Crippen LogP contribution in [-0.2, 0) is 30.4 Å². The molecular formula is C30H32N2O7S. The molecule has 0 radical (unpaired) electrons. The van der Waals surface area contributed by atoms with Crippen LogP contribution in [0.15, 0.2) is 66.0 Å². The molecule has 2 aromatic carbocycles. The van der Waals surface area contributed by atoms with Gasteiger partial charge in [-0.05, 0) is 53.0 Å². The van der Waals surface area contributed by atoms with Crippen LogP contribution in [-0.4, -0.2) is 45.8 Å². The van der Waals surface area contributed by atoms with E-state index in [0.29, 0.717) is 6.42 Å². The molecule has 3 rings (SSSR count). The van der Waals surface area contributed by atoms with Gasteiger partial charge in [0, 0.05) is 36.5 Å². The number of nitrogens with one attached hydrogen (secondary N) is 1. The molecule has 0 saturated heterocycles. The molecule has 10 heteroatoms. The van der Waals surface area contributed by atoms with Gasteiger partial charge in [0.1, 0.15) is 0 Å². The summed E-state index contributed by atoms with van der Waals surface area (Å²) in [6.07, 6.45) is -0.852. The van der Waals surface area contributed by atoms with E-state index in [1.54, 1.807) is 11.3 Å². The molecular weight excluding hydrogens is 532 g/mol. The van der Waals surface area contributed by atoms with Gasteiger partial charge in [-0.25, -0.2) is 0 Å². The third-order valence-corrected chi connectivity index (χ3v) is 7.49. The summed E-state index contributed by atoms with van der Waals surface area (Å²) in [7, 11) is 0. The summed E-state index contributed by atoms with van der Waals surface area (Å²) in [6, 6.07) is 19.0. The number of ketones is 1. The average molecular weight is 565 g/mol. The van der Waals surface area contributed by atoms with Crippen molar-refractivity contribution in [3.8, 4) is 21.6 Å². The zero-order valence-corrected chi connectivity index (χ0v) is 22.7. The Hall–Kier alpha value is -4.31. The normalized spacial score (nSPS) is 12.3. The number of aryl methyl sites for hydroxylation is 1. The fourth-order valence-electron chi connectivity index (χ4n) is 4.24. The van der Waals surface area contributed by atoms with Crippen molar-refractivity contribution >= 4 is 40.9 Å². The molecule has 0 aliphatic rings. The van der Waals surface area contributed by atoms with Crippen LogP contribution in [0, 0.1) is 5.92 Å². The first-order chi connectivity index (χ1) is 19.1. The molecule has 1 aromatic heterocycles. The summed E-state index contributed by atoms with van der Waals surface area (Å²) in [4.78, 5) is 60.2. The molecule has 210 valence electrons. The maximum Gasteiger partial charge on any atom is 0.303 e. The Morgan fingerprint density at radius 2 is 1.45 bits per heavy atom. The molecule has 0 bridgehead atoms. The van der Waals surface area contributed by atoms with Crippen molar-refractivity contribution in [3.63, 3.8) is 0 Å². The number of carbonyl (C=O) groups is 5. The molecule has 1 heterocycles. The lowest BCUT2D eigenvalue weighted by molar-refractivity contribution is -0.139. The highest BCUT2D eigenvalue weighted by Crippen LogP contribution is 2.32. The van der Waals surface area contributed by atoms with E-state index in [4.69, 9.17) is 15.9 Å². The summed E-state index contributed by atoms with van der Waals surface area (Å²) in [5.74, 6) is -5.08. The number of hydrogen-bond donors (Lipinski definition) is 4. The number of nitrogens with two attached hydrogens (primary N) is 1. The lowest BCUT2D eigenvalue weighted by atomic mass is 9.92. The Labute approximate surface area is 236 Å². The van der Waals surface area contributed by atoms with Crippen LogP contribution in [0.5, 0.6) is 0 Å². The third kappa shape index (κ3) is 9.46. The molecule has 5 N–H and O–H groups in total. The SMILES string of the molecule is NC(=O)[C@H](CCC(=O)O)CC(=O)C(CCC(=O)O)NC(=O)CCc1ccc(-c2cc(-c3ccccc3)cs2)cc1. The number of benzene rings is 2. The Morgan fingerprint density at radius 3 is 2.08 bits per heavy atom. The van der Waals surface area contributed by atoms with E-state index in [9.17, 15) is 24.0 Å². The number of aliphatic carboxylic acids is 2. The highest BCUT2D eigenvalue weighted by atomic mass is 32.1. The fourth-order valence-corrected chi connectivity index (χ4v) is 5.16. The van der Waals surface area contributed by atoms with Gasteiger partial charge in [-0.3, -0.25) is 24.0 Å². The molecule has 9 nitrogen and oxygen atoms in total. The predicted molar refractivity (Wildman–Crippen MR) is 151 cm³/mol. The molecule has 0 saturated carbocycles. The van der Waals surface area contributed by atoms with Crippen LogP contribution in [0.1, 0.15) is 44.1 Å². The Balaban J connectivity index is 1.57. The largest absolute Gasteiger partial charge is 0.481 e. The van der Waals surface area contributed by atoms with Crippen LogP contribution in [0.4, 0.5) is 0 Å². The Kier molecular flexibility index (Phi) is 11.1. The van der Waals surface area contributed by atoms with E-state index in [2.05, 4.69) is 28.9 Å². The van der Waals surface area contributed by atoms with E-state index >= 15 is 0 Å². The van der Waals surface area contributed by atoms with E-state index in [1.165, 1.54) is 0 Å². The minimum absolute atomic E-state index is 0.0750. The summed E-state index contributed by atoms with van der Waals surface area (Å²) >= 11 is 1.65. The second kappa shape index (κ2) is 14.7. The summed E-state index contributed by atoms with van der Waals surface area (Å²) < 4.78 is 0. The summed E-state index contributed by atoms with van der Waals surface area (Å²) in [6.45, 7) is 0. The van der Waals surface area contributed by atoms with Gasteiger partial charge in [0.2, 0.25) is 11.8 Å². The number of carboxylic acid groups (broad SMARTS) is 2. The zero-order valence-electron chi connectivity index (χ0n) is 21.9. The van der Waals surface area contributed by atoms with Gasteiger partial charge in [0.25, 0.3) is 0 Å². The highest BCUT2D eigenvalue weighted by Gasteiger charge is 2.27. The second-order valence-corrected chi connectivity index (χ2v) is 10.4. The van der Waals surface area contributed by atoms with E-state index in [0.717, 1.165) is 27.1 Å². The van der Waals surface area contributed by atoms with Gasteiger partial charge in [-0.2, -0.15) is 0 Å². The standard InChI is InChI=1S/C30H32N2O7S/c31-30(39)22(11-14-28(35)36)16-25(33)24(12-15-29(37)38)32-27(34)13-8-19-6-9-21(10-7-19)26-17-23(18-40-26)20-4-2-1-3-5-20/h1-7,9-10,17-18,22,24H,8,11-16H2,(H2,31,39)(H,32,34)(H,35,36)(H,37,38)/t22-,24?/m1/s1. The van der Waals surface area contributed by atoms with Crippen LogP contribution in [0.3, 0.4) is 0 Å². The van der Waals surface area contributed by atoms with E-state index in [1.807, 2.05) is 42.5 Å². The van der Waals surface area contributed by atoms with Crippen molar-refractivity contribution in [2.45, 2.75) is 51.0 Å². The molecule has 3 aromatic rings. The Bertz CT molecular complexity index is 1340. The van der Waals surface area contributed by atoms with Gasteiger partial charge in [0.05, 0.1) is 6.04 Å². The zero-order chi connectivity index (χ0) is 29.1. The van der Waals surface area contributed by atoms with Crippen molar-refractivity contribution < 1.29 is 34.2 Å². The van der Waals surface area contributed by atoms with Crippen molar-refractivity contribution in [1.29, 1.82) is 0 Å². The van der Waals surface area contributed by atoms with Crippen molar-refractivity contribution in [1.82, 2.24) is 5.32 Å². The van der Waals surface area contributed by atoms with Gasteiger partial charge in [-0.1, -0.05) is 54.6 Å². The average Bonchev–Trinajstić information content (AvgIpc) is 3.43. The molecule has 0 aliphatic carbocycles. The van der Waals surface area contributed by atoms with Crippen LogP contribution >= 0.6 is 11.3 Å². The first-order valence-electron chi connectivity index (χ1n) is 12.9. The Morgan fingerprint density at radius 1 is 0.800 bits per heavy atom. The quantitative estimate of drug-likeness (QED) is 0.202. The first-order valence-corrected chi connectivity index (χ1v) is 13.8. The smallest absolute Gasteiger partial charge is 0.303 e. The number of amides is 2. The van der Waals surface area contributed by atoms with Gasteiger partial charge in [-0.15, -0.1) is 11.3 Å². The first kappa shape index (κ1) is 30.2. The maximum absolute atomic E-state index is 12.8. The number of carbonyl (C=O) groups excluding carboxylic acids is 3. The molecule has 2 amide bonds. The lowest BCUT2D eigenvalue weighted by Crippen LogP contribution is -2.43. The van der Waals surface area contributed by atoms with Gasteiger partial charge >= 0.3 is 11.9 Å².